The topological polar surface area (TPSA) is 186 Å². The number of halogens is 12. The Morgan fingerprint density at radius 3 is 0.878 bits per heavy atom. The molecule has 2 aliphatic carbocycles. The number of nitrogens with zero attached hydrogens (tertiary/aromatic N) is 2. The van der Waals surface area contributed by atoms with Gasteiger partial charge in [-0.05, 0) is 127 Å². The summed E-state index contributed by atoms with van der Waals surface area (Å²) in [5.41, 5.74) is -8.76. The van der Waals surface area contributed by atoms with E-state index in [1.54, 1.807) is 51.0 Å². The van der Waals surface area contributed by atoms with Crippen molar-refractivity contribution < 1.29 is 98.2 Å². The molecule has 2 aromatic rings. The molecule has 0 spiro atoms. The van der Waals surface area contributed by atoms with Gasteiger partial charge in [0.15, 0.2) is 0 Å². The van der Waals surface area contributed by atoms with Gasteiger partial charge in [-0.3, -0.25) is 9.59 Å². The van der Waals surface area contributed by atoms with Gasteiger partial charge in [0.25, 0.3) is 20.0 Å². The highest BCUT2D eigenvalue weighted by Crippen LogP contribution is 2.43. The van der Waals surface area contributed by atoms with E-state index in [0.29, 0.717) is 51.4 Å². The molecule has 4 unspecified atom stereocenters. The molecule has 416 valence electrons. The first-order valence-corrected chi connectivity index (χ1v) is 26.2. The third-order valence-electron chi connectivity index (χ3n) is 12.8. The fourth-order valence-electron chi connectivity index (χ4n) is 9.70. The fourth-order valence-corrected chi connectivity index (χ4v) is 11.9. The molecule has 4 amide bonds. The standard InChI is InChI=1S/2C23H28F6N2O5S/c2*1-21(2,3)36-20(33)31-11-13-6-4-5-7-14(12-31)18(13)19(32)30-37(34,35)17-9-15(22(24,25)26)8-16(10-17)23(27,28)29/h2*8-10,13-14,18H,4-7,11-12H2,1-3H3,(H,30,32). The summed E-state index contributed by atoms with van der Waals surface area (Å²) < 4.78 is 224. The van der Waals surface area contributed by atoms with Crippen LogP contribution in [-0.2, 0) is 63.8 Å². The molecule has 74 heavy (non-hydrogen) atoms. The molecule has 6 rings (SSSR count). The number of hydrogen-bond acceptors (Lipinski definition) is 10. The molecule has 0 aromatic heterocycles. The van der Waals surface area contributed by atoms with Gasteiger partial charge in [0.05, 0.1) is 32.0 Å². The number of likely N-dealkylation sites (tertiary alicyclic amines) is 2. The van der Waals surface area contributed by atoms with Crippen molar-refractivity contribution >= 4 is 44.0 Å². The summed E-state index contributed by atoms with van der Waals surface area (Å²) in [6.45, 7) is 10.6. The number of benzene rings is 2. The Morgan fingerprint density at radius 2 is 0.676 bits per heavy atom. The van der Waals surface area contributed by atoms with E-state index >= 15 is 0 Å². The zero-order valence-electron chi connectivity index (χ0n) is 40.7. The van der Waals surface area contributed by atoms with E-state index in [9.17, 15) is 88.7 Å². The lowest BCUT2D eigenvalue weighted by Crippen LogP contribution is -2.54. The Labute approximate surface area is 419 Å². The predicted molar refractivity (Wildman–Crippen MR) is 237 cm³/mol. The first-order valence-electron chi connectivity index (χ1n) is 23.2. The number of amides is 4. The summed E-state index contributed by atoms with van der Waals surface area (Å²) in [6.07, 6.45) is -17.4. The number of nitrogens with one attached hydrogen (secondary N) is 2. The Morgan fingerprint density at radius 1 is 0.446 bits per heavy atom. The minimum absolute atomic E-state index is 0.0585. The second-order valence-electron chi connectivity index (χ2n) is 20.9. The normalized spacial score (nSPS) is 23.3. The third kappa shape index (κ3) is 15.5. The number of piperidine rings is 2. The summed E-state index contributed by atoms with van der Waals surface area (Å²) in [5.74, 6) is -5.69. The molecular formula is C46H56F12N4O10S2. The van der Waals surface area contributed by atoms with Gasteiger partial charge in [-0.1, -0.05) is 25.7 Å². The van der Waals surface area contributed by atoms with Gasteiger partial charge in [0.1, 0.15) is 11.2 Å². The lowest BCUT2D eigenvalue weighted by Gasteiger charge is -2.42. The monoisotopic (exact) mass is 1120 g/mol. The van der Waals surface area contributed by atoms with E-state index in [1.807, 2.05) is 0 Å². The number of hydrogen-bond donors (Lipinski definition) is 2. The maximum Gasteiger partial charge on any atom is 0.416 e. The number of fused-ring (bicyclic) bond motifs is 4. The molecule has 28 heteroatoms. The van der Waals surface area contributed by atoms with Crippen LogP contribution in [0, 0.1) is 35.5 Å². The van der Waals surface area contributed by atoms with E-state index in [1.165, 1.54) is 9.80 Å². The Hall–Kier alpha value is -5.02. The number of ether oxygens (including phenoxy) is 2. The van der Waals surface area contributed by atoms with Gasteiger partial charge in [0.2, 0.25) is 11.8 Å². The average Bonchev–Trinajstić information content (AvgIpc) is 3.45. The van der Waals surface area contributed by atoms with Crippen LogP contribution < -0.4 is 9.44 Å². The largest absolute Gasteiger partial charge is 0.444 e. The van der Waals surface area contributed by atoms with Gasteiger partial charge >= 0.3 is 36.9 Å². The van der Waals surface area contributed by atoms with Crippen LogP contribution in [0.5, 0.6) is 0 Å². The molecule has 4 fully saturated rings. The van der Waals surface area contributed by atoms with Crippen molar-refractivity contribution in [3.05, 3.63) is 58.7 Å². The second kappa shape index (κ2) is 21.5. The molecule has 2 aromatic carbocycles. The van der Waals surface area contributed by atoms with Crippen LogP contribution in [0.2, 0.25) is 0 Å². The van der Waals surface area contributed by atoms with Crippen molar-refractivity contribution in [3.8, 4) is 0 Å². The van der Waals surface area contributed by atoms with E-state index in [-0.39, 0.29) is 62.6 Å². The average molecular weight is 1120 g/mol. The minimum Gasteiger partial charge on any atom is -0.444 e. The highest BCUT2D eigenvalue weighted by atomic mass is 32.2. The molecule has 2 N–H and O–H groups in total. The van der Waals surface area contributed by atoms with Crippen LogP contribution >= 0.6 is 0 Å². The molecule has 2 aliphatic heterocycles. The SMILES string of the molecule is CC(C)(C)OC(=O)N1CC2CCCCC(C1)C2C(=O)NS(=O)(=O)c1cc(C(F)(F)F)cc(C(F)(F)F)c1.CC(C)(C)OC(=O)N1CC2CCCCC(C1)C2C(=O)NS(=O)(=O)c1cc(C(F)(F)F)cc(C(F)(F)F)c1. The summed E-state index contributed by atoms with van der Waals surface area (Å²) >= 11 is 0. The van der Waals surface area contributed by atoms with E-state index in [4.69, 9.17) is 9.47 Å². The smallest absolute Gasteiger partial charge is 0.416 e. The van der Waals surface area contributed by atoms with Gasteiger partial charge in [-0.15, -0.1) is 0 Å². The van der Waals surface area contributed by atoms with Crippen LogP contribution in [0.4, 0.5) is 62.3 Å². The summed E-state index contributed by atoms with van der Waals surface area (Å²) in [6, 6.07) is -0.151. The maximum atomic E-state index is 13.2. The summed E-state index contributed by atoms with van der Waals surface area (Å²) in [7, 11) is -10.2. The van der Waals surface area contributed by atoms with Crippen LogP contribution in [-0.4, -0.2) is 88.0 Å². The molecule has 2 saturated carbocycles. The lowest BCUT2D eigenvalue weighted by atomic mass is 9.76. The minimum atomic E-state index is -5.25. The van der Waals surface area contributed by atoms with Crippen molar-refractivity contribution in [2.75, 3.05) is 26.2 Å². The van der Waals surface area contributed by atoms with Crippen molar-refractivity contribution in [3.63, 3.8) is 0 Å². The maximum absolute atomic E-state index is 13.2. The van der Waals surface area contributed by atoms with Gasteiger partial charge < -0.3 is 19.3 Å². The summed E-state index contributed by atoms with van der Waals surface area (Å²) in [4.78, 5) is 51.8. The zero-order chi connectivity index (χ0) is 55.9. The lowest BCUT2D eigenvalue weighted by molar-refractivity contribution is -0.145. The Balaban J connectivity index is 0.000000274. The Kier molecular flexibility index (Phi) is 17.4. The van der Waals surface area contributed by atoms with E-state index < -0.39 is 148 Å². The van der Waals surface area contributed by atoms with Crippen molar-refractivity contribution in [2.45, 2.75) is 139 Å². The highest BCUT2D eigenvalue weighted by molar-refractivity contribution is 7.90. The van der Waals surface area contributed by atoms with Crippen LogP contribution in [0.25, 0.3) is 0 Å². The fraction of sp³-hybridized carbons (Fsp3) is 0.652. The van der Waals surface area contributed by atoms with Gasteiger partial charge in [0, 0.05) is 38.0 Å². The van der Waals surface area contributed by atoms with Gasteiger partial charge in [-0.25, -0.2) is 35.9 Å². The van der Waals surface area contributed by atoms with Crippen molar-refractivity contribution in [1.82, 2.24) is 19.2 Å². The first kappa shape index (κ1) is 59.9. The van der Waals surface area contributed by atoms with Crippen molar-refractivity contribution in [2.24, 2.45) is 35.5 Å². The molecule has 0 radical (unpaired) electrons. The number of sulfonamides is 2. The van der Waals surface area contributed by atoms with Crippen molar-refractivity contribution in [1.29, 1.82) is 0 Å². The second-order valence-corrected chi connectivity index (χ2v) is 24.2. The molecule has 4 atom stereocenters. The molecule has 2 heterocycles. The van der Waals surface area contributed by atoms with Crippen LogP contribution in [0.3, 0.4) is 0 Å². The summed E-state index contributed by atoms with van der Waals surface area (Å²) in [5, 5.41) is 0. The Bertz CT molecular complexity index is 2370. The van der Waals surface area contributed by atoms with E-state index in [0.717, 1.165) is 0 Å². The quantitative estimate of drug-likeness (QED) is 0.264. The third-order valence-corrected chi connectivity index (χ3v) is 15.4. The van der Waals surface area contributed by atoms with Crippen LogP contribution in [0.15, 0.2) is 46.2 Å². The first-order chi connectivity index (χ1) is 33.6. The van der Waals surface area contributed by atoms with Gasteiger partial charge in [-0.2, -0.15) is 52.7 Å². The molecule has 14 nitrogen and oxygen atoms in total. The highest BCUT2D eigenvalue weighted by Gasteiger charge is 2.48. The zero-order valence-corrected chi connectivity index (χ0v) is 42.4. The molecule has 4 aliphatic rings. The molecule has 4 bridgehead atoms. The number of carbonyl (C=O) groups is 4. The number of alkyl halides is 12. The molecule has 2 saturated heterocycles. The predicted octanol–water partition coefficient (Wildman–Crippen LogP) is 10.4. The van der Waals surface area contributed by atoms with Crippen LogP contribution in [0.1, 0.15) is 115 Å². The van der Waals surface area contributed by atoms with E-state index in [2.05, 4.69) is 0 Å². The number of rotatable bonds is 6. The molecular weight excluding hydrogens is 1060 g/mol. The number of carbonyl (C=O) groups excluding carboxylic acids is 4.